The number of hydrogen-bond donors (Lipinski definition) is 0. The maximum absolute atomic E-state index is 14.6. The van der Waals surface area contributed by atoms with Gasteiger partial charge in [0.25, 0.3) is 0 Å². The molecule has 0 bridgehead atoms. The van der Waals surface area contributed by atoms with Gasteiger partial charge >= 0.3 is 0 Å². The van der Waals surface area contributed by atoms with Crippen LogP contribution in [0.2, 0.25) is 0 Å². The molecule has 2 saturated carbocycles. The minimum Gasteiger partial charge on any atom is -0.490 e. The highest BCUT2D eigenvalue weighted by Crippen LogP contribution is 2.53. The Morgan fingerprint density at radius 2 is 1.43 bits per heavy atom. The van der Waals surface area contributed by atoms with Crippen molar-refractivity contribution in [3.05, 3.63) is 29.3 Å². The highest BCUT2D eigenvalue weighted by molar-refractivity contribution is 5.31. The van der Waals surface area contributed by atoms with Crippen molar-refractivity contribution in [3.8, 4) is 5.75 Å². The van der Waals surface area contributed by atoms with Crippen LogP contribution in [0.25, 0.3) is 0 Å². The molecule has 1 nitrogen and oxygen atoms in total. The monoisotopic (exact) mass is 420 g/mol. The first-order chi connectivity index (χ1) is 14.7. The fourth-order valence-electron chi connectivity index (χ4n) is 6.14. The minimum atomic E-state index is -0.802. The van der Waals surface area contributed by atoms with E-state index in [0.29, 0.717) is 24.5 Å². The van der Waals surface area contributed by atoms with E-state index in [-0.39, 0.29) is 5.75 Å². The lowest BCUT2D eigenvalue weighted by Gasteiger charge is -2.21. The second-order valence-electron chi connectivity index (χ2n) is 9.80. The molecule has 3 rings (SSSR count). The summed E-state index contributed by atoms with van der Waals surface area (Å²) >= 11 is 0. The molecular weight excluding hydrogens is 378 g/mol. The molecule has 0 spiro atoms. The SMILES string of the molecule is CCCCCCOc1ccc(CCC2CCC3C(CCCCC)CCC23)c(F)c1F. The maximum atomic E-state index is 14.6. The van der Waals surface area contributed by atoms with Gasteiger partial charge < -0.3 is 4.74 Å². The lowest BCUT2D eigenvalue weighted by atomic mass is 9.84. The smallest absolute Gasteiger partial charge is 0.200 e. The third-order valence-corrected chi connectivity index (χ3v) is 7.85. The molecule has 30 heavy (non-hydrogen) atoms. The number of halogens is 2. The zero-order valence-electron chi connectivity index (χ0n) is 19.2. The van der Waals surface area contributed by atoms with Crippen LogP contribution < -0.4 is 4.74 Å². The van der Waals surface area contributed by atoms with Crippen molar-refractivity contribution >= 4 is 0 Å². The molecule has 1 aromatic carbocycles. The number of unbranched alkanes of at least 4 members (excludes halogenated alkanes) is 5. The Morgan fingerprint density at radius 3 is 2.13 bits per heavy atom. The molecule has 2 fully saturated rings. The molecule has 0 amide bonds. The van der Waals surface area contributed by atoms with Gasteiger partial charge in [0.1, 0.15) is 0 Å². The van der Waals surface area contributed by atoms with Gasteiger partial charge in [0.15, 0.2) is 11.6 Å². The quantitative estimate of drug-likeness (QED) is 0.291. The molecule has 3 heteroatoms. The molecule has 0 aliphatic heterocycles. The van der Waals surface area contributed by atoms with E-state index >= 15 is 0 Å². The lowest BCUT2D eigenvalue weighted by molar-refractivity contribution is 0.283. The fourth-order valence-corrected chi connectivity index (χ4v) is 6.14. The molecule has 0 saturated heterocycles. The van der Waals surface area contributed by atoms with Crippen LogP contribution in [0.3, 0.4) is 0 Å². The van der Waals surface area contributed by atoms with Crippen LogP contribution in [0.1, 0.15) is 103 Å². The number of benzene rings is 1. The van der Waals surface area contributed by atoms with Crippen molar-refractivity contribution in [2.75, 3.05) is 6.61 Å². The van der Waals surface area contributed by atoms with Crippen molar-refractivity contribution in [1.82, 2.24) is 0 Å². The maximum Gasteiger partial charge on any atom is 0.200 e. The number of hydrogen-bond acceptors (Lipinski definition) is 1. The second kappa shape index (κ2) is 12.1. The first-order valence-corrected chi connectivity index (χ1v) is 12.7. The van der Waals surface area contributed by atoms with E-state index in [1.807, 2.05) is 0 Å². The first-order valence-electron chi connectivity index (χ1n) is 12.7. The summed E-state index contributed by atoms with van der Waals surface area (Å²) in [6.07, 6.45) is 16.7. The van der Waals surface area contributed by atoms with Crippen molar-refractivity contribution in [2.24, 2.45) is 23.7 Å². The van der Waals surface area contributed by atoms with E-state index < -0.39 is 11.6 Å². The van der Waals surface area contributed by atoms with Gasteiger partial charge in [-0.05, 0) is 80.2 Å². The third-order valence-electron chi connectivity index (χ3n) is 7.85. The predicted octanol–water partition coefficient (Wildman–Crippen LogP) is 8.49. The average Bonchev–Trinajstić information content (AvgIpc) is 3.33. The van der Waals surface area contributed by atoms with Gasteiger partial charge in [0.2, 0.25) is 5.82 Å². The van der Waals surface area contributed by atoms with Crippen molar-refractivity contribution in [2.45, 2.75) is 104 Å². The Kier molecular flexibility index (Phi) is 9.46. The van der Waals surface area contributed by atoms with Gasteiger partial charge in [0.05, 0.1) is 6.61 Å². The van der Waals surface area contributed by atoms with Crippen LogP contribution in [-0.2, 0) is 6.42 Å². The van der Waals surface area contributed by atoms with Gasteiger partial charge in [0, 0.05) is 0 Å². The van der Waals surface area contributed by atoms with Crippen molar-refractivity contribution in [1.29, 1.82) is 0 Å². The molecule has 0 aromatic heterocycles. The van der Waals surface area contributed by atoms with Crippen molar-refractivity contribution in [3.63, 3.8) is 0 Å². The van der Waals surface area contributed by atoms with E-state index in [1.54, 1.807) is 12.1 Å². The standard InChI is InChI=1S/C27H42F2O/c1-3-5-7-9-19-30-25-18-15-22(26(28)27(25)29)12-11-21-14-17-23-20(10-8-6-4-2)13-16-24(21)23/h15,18,20-21,23-24H,3-14,16-17,19H2,1-2H3. The zero-order valence-corrected chi connectivity index (χ0v) is 19.2. The van der Waals surface area contributed by atoms with Crippen LogP contribution in [0.4, 0.5) is 8.78 Å². The lowest BCUT2D eigenvalue weighted by Crippen LogP contribution is -2.14. The topological polar surface area (TPSA) is 9.23 Å². The summed E-state index contributed by atoms with van der Waals surface area (Å²) in [6.45, 7) is 4.89. The van der Waals surface area contributed by atoms with E-state index in [4.69, 9.17) is 4.74 Å². The number of ether oxygens (including phenoxy) is 1. The number of fused-ring (bicyclic) bond motifs is 1. The summed E-state index contributed by atoms with van der Waals surface area (Å²) in [5.74, 6) is 1.92. The van der Waals surface area contributed by atoms with Gasteiger partial charge in [-0.25, -0.2) is 4.39 Å². The summed E-state index contributed by atoms with van der Waals surface area (Å²) in [7, 11) is 0. The summed E-state index contributed by atoms with van der Waals surface area (Å²) in [5, 5.41) is 0. The second-order valence-corrected chi connectivity index (χ2v) is 9.80. The highest BCUT2D eigenvalue weighted by atomic mass is 19.2. The zero-order chi connectivity index (χ0) is 21.3. The van der Waals surface area contributed by atoms with Gasteiger partial charge in [-0.2, -0.15) is 4.39 Å². The molecule has 2 aliphatic carbocycles. The largest absolute Gasteiger partial charge is 0.490 e. The number of aryl methyl sites for hydroxylation is 1. The predicted molar refractivity (Wildman–Crippen MR) is 121 cm³/mol. The number of rotatable bonds is 13. The molecule has 170 valence electrons. The van der Waals surface area contributed by atoms with E-state index in [0.717, 1.165) is 49.9 Å². The normalized spacial score (nSPS) is 25.6. The van der Waals surface area contributed by atoms with E-state index in [9.17, 15) is 8.78 Å². The summed E-state index contributed by atoms with van der Waals surface area (Å²) in [4.78, 5) is 0. The molecule has 4 unspecified atom stereocenters. The molecule has 0 radical (unpaired) electrons. The molecule has 0 N–H and O–H groups in total. The molecule has 2 aliphatic rings. The average molecular weight is 421 g/mol. The highest BCUT2D eigenvalue weighted by Gasteiger charge is 2.43. The summed E-state index contributed by atoms with van der Waals surface area (Å²) < 4.78 is 34.6. The molecular formula is C27H42F2O. The Morgan fingerprint density at radius 1 is 0.767 bits per heavy atom. The first kappa shape index (κ1) is 23.5. The fraction of sp³-hybridized carbons (Fsp3) is 0.778. The van der Waals surface area contributed by atoms with Crippen LogP contribution >= 0.6 is 0 Å². The Hall–Kier alpha value is -1.12. The van der Waals surface area contributed by atoms with E-state index in [2.05, 4.69) is 13.8 Å². The Bertz CT molecular complexity index is 644. The van der Waals surface area contributed by atoms with Gasteiger partial charge in [-0.3, -0.25) is 0 Å². The molecule has 4 atom stereocenters. The van der Waals surface area contributed by atoms with Crippen LogP contribution in [0.15, 0.2) is 12.1 Å². The molecule has 0 heterocycles. The minimum absolute atomic E-state index is 0.0689. The molecule has 1 aromatic rings. The van der Waals surface area contributed by atoms with Crippen LogP contribution in [0, 0.1) is 35.3 Å². The summed E-state index contributed by atoms with van der Waals surface area (Å²) in [6, 6.07) is 3.37. The Balaban J connectivity index is 1.47. The third kappa shape index (κ3) is 5.98. The Labute approximate surface area is 183 Å². The van der Waals surface area contributed by atoms with Crippen molar-refractivity contribution < 1.29 is 13.5 Å². The van der Waals surface area contributed by atoms with E-state index in [1.165, 1.54) is 51.4 Å². The van der Waals surface area contributed by atoms with Gasteiger partial charge in [-0.1, -0.05) is 64.9 Å². The van der Waals surface area contributed by atoms with Gasteiger partial charge in [-0.15, -0.1) is 0 Å². The van der Waals surface area contributed by atoms with Crippen LogP contribution in [-0.4, -0.2) is 6.61 Å². The van der Waals surface area contributed by atoms with Crippen LogP contribution in [0.5, 0.6) is 5.75 Å². The summed E-state index contributed by atoms with van der Waals surface area (Å²) in [5.41, 5.74) is 0.520.